The van der Waals surface area contributed by atoms with E-state index >= 15 is 4.79 Å². The lowest BCUT2D eigenvalue weighted by atomic mass is 9.49. The van der Waals surface area contributed by atoms with Crippen LogP contribution in [0.15, 0.2) is 106 Å². The Labute approximate surface area is 320 Å². The summed E-state index contributed by atoms with van der Waals surface area (Å²) in [5.41, 5.74) is 1.22. The van der Waals surface area contributed by atoms with Gasteiger partial charge in [-0.05, 0) is 110 Å². The van der Waals surface area contributed by atoms with Gasteiger partial charge in [0.25, 0.3) is 0 Å². The van der Waals surface area contributed by atoms with Crippen LogP contribution in [0.1, 0.15) is 29.9 Å². The number of halogens is 4. The van der Waals surface area contributed by atoms with Gasteiger partial charge in [-0.25, -0.2) is 4.90 Å². The number of phenolic OH excluding ortho intramolecular Hbond substituents is 1. The maximum Gasteiger partial charge on any atom is 0.246 e. The minimum atomic E-state index is -1.50. The Bertz CT molecular complexity index is 2200. The molecule has 6 unspecified atom stereocenters. The van der Waals surface area contributed by atoms with Crippen molar-refractivity contribution in [3.8, 4) is 11.5 Å². The maximum atomic E-state index is 15.5. The number of amides is 4. The minimum absolute atomic E-state index is 0.140. The Morgan fingerprint density at radius 2 is 1.51 bits per heavy atom. The molecule has 0 spiro atoms. The summed E-state index contributed by atoms with van der Waals surface area (Å²) in [6.07, 6.45) is 2.38. The minimum Gasteiger partial charge on any atom is -0.503 e. The zero-order valence-electron chi connectivity index (χ0n) is 26.9. The Hall–Kier alpha value is -3.96. The van der Waals surface area contributed by atoms with Crippen LogP contribution in [0.2, 0.25) is 10.0 Å². The number of hydrogen-bond acceptors (Lipinski definition) is 6. The summed E-state index contributed by atoms with van der Waals surface area (Å²) in [6, 6.07) is 24.1. The molecule has 2 aliphatic heterocycles. The lowest BCUT2D eigenvalue weighted by molar-refractivity contribution is -0.127. The van der Waals surface area contributed by atoms with Crippen LogP contribution < -0.4 is 14.5 Å². The predicted molar refractivity (Wildman–Crippen MR) is 200 cm³/mol. The van der Waals surface area contributed by atoms with Gasteiger partial charge in [0.1, 0.15) is 0 Å². The van der Waals surface area contributed by atoms with Crippen LogP contribution in [0.4, 0.5) is 11.4 Å². The van der Waals surface area contributed by atoms with Crippen LogP contribution >= 0.6 is 55.1 Å². The molecule has 2 aliphatic carbocycles. The van der Waals surface area contributed by atoms with E-state index in [2.05, 4.69) is 31.9 Å². The van der Waals surface area contributed by atoms with Crippen molar-refractivity contribution < 1.29 is 29.0 Å². The maximum absolute atomic E-state index is 15.5. The topological polar surface area (TPSA) is 104 Å². The number of carbonyl (C=O) groups is 4. The van der Waals surface area contributed by atoms with Gasteiger partial charge in [0.2, 0.25) is 23.6 Å². The van der Waals surface area contributed by atoms with Crippen molar-refractivity contribution in [2.75, 3.05) is 16.9 Å². The number of hydrogen-bond donors (Lipinski definition) is 1. The molecule has 4 aliphatic rings. The van der Waals surface area contributed by atoms with Crippen molar-refractivity contribution in [3.05, 3.63) is 127 Å². The molecule has 4 aromatic carbocycles. The summed E-state index contributed by atoms with van der Waals surface area (Å²) >= 11 is 19.8. The Morgan fingerprint density at radius 3 is 2.20 bits per heavy atom. The molecule has 1 saturated carbocycles. The number of phenols is 1. The average Bonchev–Trinajstić information content (AvgIpc) is 3.52. The zero-order valence-corrected chi connectivity index (χ0v) is 31.5. The third-order valence-electron chi connectivity index (χ3n) is 11.0. The second kappa shape index (κ2) is 12.6. The van der Waals surface area contributed by atoms with Crippen LogP contribution in [-0.2, 0) is 24.6 Å². The van der Waals surface area contributed by atoms with Crippen molar-refractivity contribution in [2.45, 2.75) is 24.2 Å². The van der Waals surface area contributed by atoms with Crippen molar-refractivity contribution in [1.29, 1.82) is 0 Å². The molecule has 4 amide bonds. The monoisotopic (exact) mass is 848 g/mol. The molecule has 8 rings (SSSR count). The summed E-state index contributed by atoms with van der Waals surface area (Å²) < 4.78 is 6.37. The summed E-state index contributed by atoms with van der Waals surface area (Å²) in [5.74, 6) is -5.34. The molecule has 2 heterocycles. The number of nitrogens with zero attached hydrogens (tertiary/aromatic N) is 2. The van der Waals surface area contributed by atoms with Gasteiger partial charge < -0.3 is 9.84 Å². The summed E-state index contributed by atoms with van der Waals surface area (Å²) in [7, 11) is 1.43. The van der Waals surface area contributed by atoms with E-state index in [9.17, 15) is 19.5 Å². The molecule has 12 heteroatoms. The number of benzene rings is 4. The molecule has 2 saturated heterocycles. The molecule has 8 nitrogen and oxygen atoms in total. The number of anilines is 2. The van der Waals surface area contributed by atoms with E-state index in [1.165, 1.54) is 16.9 Å². The van der Waals surface area contributed by atoms with Gasteiger partial charge in [0, 0.05) is 20.4 Å². The van der Waals surface area contributed by atoms with Gasteiger partial charge in [-0.2, -0.15) is 0 Å². The number of aromatic hydroxyl groups is 1. The molecule has 4 aromatic rings. The quantitative estimate of drug-likeness (QED) is 0.160. The number of carbonyl (C=O) groups excluding carboxylic acids is 4. The van der Waals surface area contributed by atoms with Crippen LogP contribution in [0, 0.1) is 23.7 Å². The number of fused-ring (bicyclic) bond motifs is 4. The van der Waals surface area contributed by atoms with Gasteiger partial charge in [-0.1, -0.05) is 71.2 Å². The van der Waals surface area contributed by atoms with E-state index in [1.807, 2.05) is 36.4 Å². The molecular formula is C39H28Br2Cl2N2O6. The first-order valence-corrected chi connectivity index (χ1v) is 18.6. The van der Waals surface area contributed by atoms with E-state index in [4.69, 9.17) is 27.9 Å². The highest BCUT2D eigenvalue weighted by atomic mass is 79.9. The number of ether oxygens (including phenoxy) is 1. The molecule has 1 N–H and O–H groups in total. The molecule has 3 fully saturated rings. The fraction of sp³-hybridized carbons (Fsp3) is 0.231. The first-order valence-electron chi connectivity index (χ1n) is 16.3. The summed E-state index contributed by atoms with van der Waals surface area (Å²) in [6.45, 7) is 0. The zero-order chi connectivity index (χ0) is 35.9. The SMILES string of the molecule is COc1cc(C2C3=CCC4C(=O)N(c5ccc(Cl)cc5)C(=O)C4C3CC3C(=O)N(c4cccc(Cl)c4)C(=O)C32c2ccccc2)c(Br)c(Br)c1O. The van der Waals surface area contributed by atoms with Crippen LogP contribution in [0.5, 0.6) is 11.5 Å². The summed E-state index contributed by atoms with van der Waals surface area (Å²) in [5, 5.41) is 11.8. The van der Waals surface area contributed by atoms with E-state index in [0.29, 0.717) is 41.5 Å². The highest BCUT2D eigenvalue weighted by Crippen LogP contribution is 2.66. The Kier molecular flexibility index (Phi) is 8.45. The van der Waals surface area contributed by atoms with E-state index in [1.54, 1.807) is 54.6 Å². The fourth-order valence-electron chi connectivity index (χ4n) is 8.91. The third kappa shape index (κ3) is 4.90. The smallest absolute Gasteiger partial charge is 0.246 e. The van der Waals surface area contributed by atoms with Crippen LogP contribution in [-0.4, -0.2) is 35.8 Å². The van der Waals surface area contributed by atoms with Crippen molar-refractivity contribution >= 4 is 90.1 Å². The van der Waals surface area contributed by atoms with E-state index in [-0.39, 0.29) is 36.2 Å². The highest BCUT2D eigenvalue weighted by Gasteiger charge is 2.70. The van der Waals surface area contributed by atoms with Gasteiger partial charge >= 0.3 is 0 Å². The molecule has 0 bridgehead atoms. The fourth-order valence-corrected chi connectivity index (χ4v) is 10.2. The predicted octanol–water partition coefficient (Wildman–Crippen LogP) is 8.60. The molecule has 51 heavy (non-hydrogen) atoms. The van der Waals surface area contributed by atoms with Crippen LogP contribution in [0.25, 0.3) is 0 Å². The standard InChI is InChI=1S/C39H28Br2Cl2N2O6/c1-51-29-18-27(32(40)33(41)34(29)46)31-24-14-15-25-30(37(49)44(35(25)47)22-12-10-20(42)11-13-22)26(24)17-28-36(48)45(23-9-5-8-21(43)16-23)38(50)39(28,31)19-6-3-2-4-7-19/h2-14,16,18,25-26,28,30-31,46H,15,17H2,1H3. The third-order valence-corrected chi connectivity index (χ3v) is 13.6. The number of allylic oxidation sites excluding steroid dienone is 2. The van der Waals surface area contributed by atoms with Crippen molar-refractivity contribution in [3.63, 3.8) is 0 Å². The first kappa shape index (κ1) is 34.1. The lowest BCUT2D eigenvalue weighted by Crippen LogP contribution is -2.53. The molecule has 0 radical (unpaired) electrons. The second-order valence-electron chi connectivity index (χ2n) is 13.2. The molecule has 6 atom stereocenters. The van der Waals surface area contributed by atoms with Crippen molar-refractivity contribution in [1.82, 2.24) is 0 Å². The number of imide groups is 2. The van der Waals surface area contributed by atoms with Crippen LogP contribution in [0.3, 0.4) is 0 Å². The molecular weight excluding hydrogens is 823 g/mol. The number of rotatable bonds is 5. The Balaban J connectivity index is 1.39. The lowest BCUT2D eigenvalue weighted by Gasteiger charge is -2.51. The van der Waals surface area contributed by atoms with Gasteiger partial charge in [-0.3, -0.25) is 24.1 Å². The second-order valence-corrected chi connectivity index (χ2v) is 15.7. The first-order chi connectivity index (χ1) is 24.5. The van der Waals surface area contributed by atoms with Gasteiger partial charge in [-0.15, -0.1) is 0 Å². The normalized spacial score (nSPS) is 26.9. The molecule has 0 aromatic heterocycles. The average molecular weight is 851 g/mol. The Morgan fingerprint density at radius 1 is 0.784 bits per heavy atom. The molecule has 258 valence electrons. The largest absolute Gasteiger partial charge is 0.503 e. The van der Waals surface area contributed by atoms with E-state index < -0.39 is 46.8 Å². The summed E-state index contributed by atoms with van der Waals surface area (Å²) in [4.78, 5) is 61.4. The van der Waals surface area contributed by atoms with Crippen molar-refractivity contribution in [2.24, 2.45) is 23.7 Å². The number of methoxy groups -OCH3 is 1. The van der Waals surface area contributed by atoms with Gasteiger partial charge in [0.15, 0.2) is 11.5 Å². The van der Waals surface area contributed by atoms with E-state index in [0.717, 1.165) is 5.57 Å². The van der Waals surface area contributed by atoms with Gasteiger partial charge in [0.05, 0.1) is 46.1 Å². The highest BCUT2D eigenvalue weighted by molar-refractivity contribution is 9.13.